The Balaban J connectivity index is 1.54. The van der Waals surface area contributed by atoms with Gasteiger partial charge in [0.25, 0.3) is 0 Å². The van der Waals surface area contributed by atoms with Crippen LogP contribution in [-0.4, -0.2) is 11.4 Å². The molecule has 2 aromatic rings. The van der Waals surface area contributed by atoms with Crippen LogP contribution in [0.1, 0.15) is 50.7 Å². The summed E-state index contributed by atoms with van der Waals surface area (Å²) >= 11 is 12.5. The summed E-state index contributed by atoms with van der Waals surface area (Å²) < 4.78 is 0. The fourth-order valence-corrected chi connectivity index (χ4v) is 5.23. The van der Waals surface area contributed by atoms with Gasteiger partial charge in [-0.1, -0.05) is 61.3 Å². The van der Waals surface area contributed by atoms with Crippen molar-refractivity contribution in [1.29, 1.82) is 0 Å². The smallest absolute Gasteiger partial charge is 0.0746 e. The van der Waals surface area contributed by atoms with Gasteiger partial charge in [0.2, 0.25) is 0 Å². The van der Waals surface area contributed by atoms with E-state index < -0.39 is 0 Å². The summed E-state index contributed by atoms with van der Waals surface area (Å²) in [6.07, 6.45) is 5.21. The van der Waals surface area contributed by atoms with E-state index in [1.165, 1.54) is 25.7 Å². The Labute approximate surface area is 176 Å². The van der Waals surface area contributed by atoms with Crippen molar-refractivity contribution < 1.29 is 0 Å². The lowest BCUT2D eigenvalue weighted by Crippen LogP contribution is -2.15. The van der Waals surface area contributed by atoms with Gasteiger partial charge in [0, 0.05) is 21.9 Å². The molecule has 0 spiro atoms. The first-order valence-electron chi connectivity index (χ1n) is 10.1. The Kier molecular flexibility index (Phi) is 4.23. The number of hydrogen-bond donors (Lipinski definition) is 0. The van der Waals surface area contributed by atoms with Gasteiger partial charge in [-0.25, -0.2) is 0 Å². The highest BCUT2D eigenvalue weighted by Gasteiger charge is 2.66. The van der Waals surface area contributed by atoms with E-state index in [1.54, 1.807) is 0 Å². The van der Waals surface area contributed by atoms with Gasteiger partial charge in [0.15, 0.2) is 0 Å². The minimum atomic E-state index is 0.185. The number of hydrogen-bond acceptors (Lipinski definition) is 2. The van der Waals surface area contributed by atoms with E-state index >= 15 is 0 Å². The second kappa shape index (κ2) is 6.43. The van der Waals surface area contributed by atoms with Crippen molar-refractivity contribution in [3.63, 3.8) is 0 Å². The van der Waals surface area contributed by atoms with Crippen molar-refractivity contribution in [2.24, 2.45) is 32.9 Å². The van der Waals surface area contributed by atoms with E-state index in [9.17, 15) is 0 Å². The summed E-state index contributed by atoms with van der Waals surface area (Å²) in [7, 11) is 0. The molecule has 2 fully saturated rings. The number of benzene rings is 2. The van der Waals surface area contributed by atoms with Gasteiger partial charge in [-0.15, -0.1) is 0 Å². The Morgan fingerprint density at radius 1 is 0.821 bits per heavy atom. The maximum Gasteiger partial charge on any atom is 0.0746 e. The van der Waals surface area contributed by atoms with Crippen LogP contribution in [-0.2, 0) is 0 Å². The van der Waals surface area contributed by atoms with E-state index in [4.69, 9.17) is 33.4 Å². The third kappa shape index (κ3) is 3.11. The molecule has 3 atom stereocenters. The van der Waals surface area contributed by atoms with Crippen molar-refractivity contribution in [3.8, 4) is 0 Å². The zero-order valence-electron chi connectivity index (χ0n) is 16.3. The van der Waals surface area contributed by atoms with Crippen LogP contribution >= 0.6 is 23.2 Å². The minimum absolute atomic E-state index is 0.185. The van der Waals surface area contributed by atoms with Crippen molar-refractivity contribution >= 4 is 34.6 Å². The number of rotatable bonds is 5. The van der Waals surface area contributed by atoms with Crippen molar-refractivity contribution in [2.75, 3.05) is 0 Å². The minimum Gasteiger partial charge on any atom is -0.154 e. The first-order valence-corrected chi connectivity index (χ1v) is 10.8. The van der Waals surface area contributed by atoms with E-state index in [0.29, 0.717) is 17.3 Å². The fraction of sp³-hybridized carbons (Fsp3) is 0.417. The number of nitrogens with zero attached hydrogens (tertiary/aromatic N) is 2. The van der Waals surface area contributed by atoms with Gasteiger partial charge in [-0.3, -0.25) is 0 Å². The molecule has 28 heavy (non-hydrogen) atoms. The van der Waals surface area contributed by atoms with Crippen LogP contribution in [0, 0.1) is 22.7 Å². The van der Waals surface area contributed by atoms with E-state index in [2.05, 4.69) is 26.0 Å². The van der Waals surface area contributed by atoms with Crippen LogP contribution in [0.3, 0.4) is 0 Å². The highest BCUT2D eigenvalue weighted by atomic mass is 35.5. The van der Waals surface area contributed by atoms with Crippen molar-refractivity contribution in [1.82, 2.24) is 0 Å². The molecule has 2 nitrogen and oxygen atoms in total. The van der Waals surface area contributed by atoms with Crippen LogP contribution in [0.5, 0.6) is 0 Å². The van der Waals surface area contributed by atoms with Crippen LogP contribution in [0.4, 0.5) is 0 Å². The first-order chi connectivity index (χ1) is 13.4. The summed E-state index contributed by atoms with van der Waals surface area (Å²) in [6, 6.07) is 16.0. The summed E-state index contributed by atoms with van der Waals surface area (Å²) in [5, 5.41) is 10.9. The van der Waals surface area contributed by atoms with Gasteiger partial charge in [-0.2, -0.15) is 10.2 Å². The maximum absolute atomic E-state index is 6.26. The van der Waals surface area contributed by atoms with Gasteiger partial charge in [0.1, 0.15) is 0 Å². The molecule has 2 saturated carbocycles. The molecule has 2 aromatic carbocycles. The molecule has 1 aliphatic heterocycles. The molecular formula is C24H24Cl2N2. The molecular weight excluding hydrogens is 387 g/mol. The van der Waals surface area contributed by atoms with Crippen LogP contribution in [0.25, 0.3) is 0 Å². The summed E-state index contributed by atoms with van der Waals surface area (Å²) in [4.78, 5) is 0. The highest BCUT2D eigenvalue weighted by Crippen LogP contribution is 2.67. The van der Waals surface area contributed by atoms with Crippen LogP contribution in [0.2, 0.25) is 10.0 Å². The predicted octanol–water partition coefficient (Wildman–Crippen LogP) is 7.03. The van der Waals surface area contributed by atoms with Gasteiger partial charge < -0.3 is 0 Å². The normalized spacial score (nSPS) is 29.6. The fourth-order valence-electron chi connectivity index (χ4n) is 4.85. The topological polar surface area (TPSA) is 24.7 Å². The Hall–Kier alpha value is -1.64. The summed E-state index contributed by atoms with van der Waals surface area (Å²) in [6.45, 7) is 4.83. The van der Waals surface area contributed by atoms with Gasteiger partial charge >= 0.3 is 0 Å². The van der Waals surface area contributed by atoms with Gasteiger partial charge in [0.05, 0.1) is 11.4 Å². The van der Waals surface area contributed by atoms with E-state index in [-0.39, 0.29) is 5.41 Å². The Bertz CT molecular complexity index is 936. The molecule has 4 heteroatoms. The third-order valence-electron chi connectivity index (χ3n) is 7.11. The first kappa shape index (κ1) is 18.4. The summed E-state index contributed by atoms with van der Waals surface area (Å²) in [5.41, 5.74) is 5.10. The zero-order valence-corrected chi connectivity index (χ0v) is 17.8. The average Bonchev–Trinajstić information content (AvgIpc) is 3.57. The second-order valence-corrected chi connectivity index (χ2v) is 10.1. The number of fused-ring (bicyclic) bond motifs is 1. The van der Waals surface area contributed by atoms with Crippen molar-refractivity contribution in [2.45, 2.75) is 39.5 Å². The molecule has 0 saturated heterocycles. The highest BCUT2D eigenvalue weighted by molar-refractivity contribution is 6.31. The molecule has 0 amide bonds. The molecule has 2 aliphatic carbocycles. The molecule has 1 heterocycles. The summed E-state index contributed by atoms with van der Waals surface area (Å²) in [5.74, 6) is 0.777. The molecule has 1 unspecified atom stereocenters. The lowest BCUT2D eigenvalue weighted by Gasteiger charge is -2.15. The third-order valence-corrected chi connectivity index (χ3v) is 7.58. The molecule has 144 valence electrons. The Morgan fingerprint density at radius 3 is 1.75 bits per heavy atom. The van der Waals surface area contributed by atoms with Crippen LogP contribution in [0.15, 0.2) is 58.7 Å². The molecule has 3 aliphatic rings. The second-order valence-electron chi connectivity index (χ2n) is 9.26. The van der Waals surface area contributed by atoms with Crippen molar-refractivity contribution in [3.05, 3.63) is 69.7 Å². The lowest BCUT2D eigenvalue weighted by atomic mass is 9.89. The maximum atomic E-state index is 6.26. The largest absolute Gasteiger partial charge is 0.154 e. The van der Waals surface area contributed by atoms with E-state index in [0.717, 1.165) is 32.6 Å². The predicted molar refractivity (Wildman–Crippen MR) is 118 cm³/mol. The number of halogens is 2. The quantitative estimate of drug-likeness (QED) is 0.505. The Morgan fingerprint density at radius 2 is 1.32 bits per heavy atom. The SMILES string of the molecule is CC1(CCC2(C)[C@@H]3C(c4cccc(Cl)c4)=NN=C(c4cccc(Cl)c4)[C@@H]32)CC1. The van der Waals surface area contributed by atoms with E-state index in [1.807, 2.05) is 36.4 Å². The average molecular weight is 411 g/mol. The molecule has 0 bridgehead atoms. The lowest BCUT2D eigenvalue weighted by molar-refractivity contribution is 0.387. The standard InChI is InChI=1S/C24H24Cl2N2/c1-23(9-10-23)11-12-24(2)19-20(24)22(16-6-4-8-18(26)14-16)28-27-21(19)15-5-3-7-17(25)13-15/h3-8,13-14,19-20H,9-12H2,1-2H3/t19-,20+,24?. The van der Waals surface area contributed by atoms with Gasteiger partial charge in [-0.05, 0) is 71.9 Å². The monoisotopic (exact) mass is 410 g/mol. The van der Waals surface area contributed by atoms with Crippen LogP contribution < -0.4 is 0 Å². The molecule has 5 rings (SSSR count). The molecule has 0 radical (unpaired) electrons. The zero-order chi connectivity index (χ0) is 19.5. The molecule has 0 aromatic heterocycles. The molecule has 0 N–H and O–H groups in total.